The van der Waals surface area contributed by atoms with Gasteiger partial charge in [0.15, 0.2) is 16.0 Å². The standard InChI is InChI=1S/C21H25N5O2S/c1-16-3-2-4-20(13-16)29(27,28)19-7-5-17(6-8-19)14-24-21(25-15-22)26-18-9-11-23-12-10-18/h5-12,16,20H,2-4,13-14H2,1H3,(H2,23,24,25,26). The van der Waals surface area contributed by atoms with Gasteiger partial charge < -0.3 is 5.32 Å². The summed E-state index contributed by atoms with van der Waals surface area (Å²) in [4.78, 5) is 8.69. The Labute approximate surface area is 171 Å². The molecule has 1 fully saturated rings. The Morgan fingerprint density at radius 1 is 1.21 bits per heavy atom. The van der Waals surface area contributed by atoms with E-state index in [1.165, 1.54) is 0 Å². The van der Waals surface area contributed by atoms with Gasteiger partial charge in [-0.25, -0.2) is 13.4 Å². The molecule has 1 aliphatic rings. The second-order valence-corrected chi connectivity index (χ2v) is 9.57. The highest BCUT2D eigenvalue weighted by Gasteiger charge is 2.31. The molecule has 1 heterocycles. The van der Waals surface area contributed by atoms with Gasteiger partial charge in [0.2, 0.25) is 5.96 Å². The van der Waals surface area contributed by atoms with Crippen molar-refractivity contribution in [1.82, 2.24) is 10.3 Å². The number of rotatable bonds is 5. The van der Waals surface area contributed by atoms with Crippen LogP contribution in [0, 0.1) is 17.4 Å². The van der Waals surface area contributed by atoms with Crippen molar-refractivity contribution >= 4 is 21.5 Å². The first kappa shape index (κ1) is 20.8. The van der Waals surface area contributed by atoms with Gasteiger partial charge in [-0.3, -0.25) is 10.3 Å². The molecular weight excluding hydrogens is 386 g/mol. The summed E-state index contributed by atoms with van der Waals surface area (Å²) in [7, 11) is -3.30. The summed E-state index contributed by atoms with van der Waals surface area (Å²) in [5, 5.41) is 14.2. The maximum atomic E-state index is 12.9. The lowest BCUT2D eigenvalue weighted by atomic mass is 9.91. The SMILES string of the molecule is CC1CCCC(S(=O)(=O)c2ccc(CN=C(NC#N)Nc3ccncc3)cc2)C1. The van der Waals surface area contributed by atoms with Crippen LogP contribution in [0.3, 0.4) is 0 Å². The third kappa shape index (κ3) is 5.55. The zero-order chi connectivity index (χ0) is 20.7. The monoisotopic (exact) mass is 411 g/mol. The number of guanidine groups is 1. The number of aliphatic imine (C=N–C) groups is 1. The van der Waals surface area contributed by atoms with Crippen LogP contribution in [-0.2, 0) is 16.4 Å². The molecule has 1 aromatic carbocycles. The van der Waals surface area contributed by atoms with Crippen molar-refractivity contribution in [3.05, 3.63) is 54.4 Å². The molecule has 0 radical (unpaired) electrons. The molecule has 2 N–H and O–H groups in total. The fourth-order valence-electron chi connectivity index (χ4n) is 3.54. The van der Waals surface area contributed by atoms with Crippen molar-refractivity contribution < 1.29 is 8.42 Å². The largest absolute Gasteiger partial charge is 0.325 e. The minimum atomic E-state index is -3.30. The number of sulfone groups is 1. The molecular formula is C21H25N5O2S. The highest BCUT2D eigenvalue weighted by Crippen LogP contribution is 2.31. The number of anilines is 1. The zero-order valence-corrected chi connectivity index (χ0v) is 17.2. The Balaban J connectivity index is 1.69. The summed E-state index contributed by atoms with van der Waals surface area (Å²) in [5.41, 5.74) is 1.61. The molecule has 2 aromatic rings. The third-order valence-corrected chi connectivity index (χ3v) is 7.35. The van der Waals surface area contributed by atoms with E-state index in [2.05, 4.69) is 27.5 Å². The highest BCUT2D eigenvalue weighted by molar-refractivity contribution is 7.92. The Hall–Kier alpha value is -2.92. The van der Waals surface area contributed by atoms with Crippen LogP contribution in [0.15, 0.2) is 58.7 Å². The second kappa shape index (κ2) is 9.52. The number of hydrogen-bond donors (Lipinski definition) is 2. The number of nitrogens with zero attached hydrogens (tertiary/aromatic N) is 3. The molecule has 1 aromatic heterocycles. The lowest BCUT2D eigenvalue weighted by Crippen LogP contribution is -2.27. The normalized spacial score (nSPS) is 19.9. The summed E-state index contributed by atoms with van der Waals surface area (Å²) in [6.45, 7) is 2.43. The second-order valence-electron chi connectivity index (χ2n) is 7.35. The fraction of sp³-hybridized carbons (Fsp3) is 0.381. The van der Waals surface area contributed by atoms with Crippen molar-refractivity contribution in [2.75, 3.05) is 5.32 Å². The molecule has 0 bridgehead atoms. The first-order valence-corrected chi connectivity index (χ1v) is 11.2. The van der Waals surface area contributed by atoms with Crippen LogP contribution < -0.4 is 10.6 Å². The molecule has 8 heteroatoms. The van der Waals surface area contributed by atoms with Crippen LogP contribution in [0.4, 0.5) is 5.69 Å². The predicted octanol–water partition coefficient (Wildman–Crippen LogP) is 3.47. The smallest absolute Gasteiger partial charge is 0.209 e. The summed E-state index contributed by atoms with van der Waals surface area (Å²) < 4.78 is 25.8. The Kier molecular flexibility index (Phi) is 6.83. The van der Waals surface area contributed by atoms with Gasteiger partial charge in [-0.2, -0.15) is 5.26 Å². The molecule has 29 heavy (non-hydrogen) atoms. The molecule has 0 saturated heterocycles. The van der Waals surface area contributed by atoms with Crippen LogP contribution in [0.5, 0.6) is 0 Å². The van der Waals surface area contributed by atoms with Crippen molar-refractivity contribution in [3.63, 3.8) is 0 Å². The first-order chi connectivity index (χ1) is 14.0. The third-order valence-electron chi connectivity index (χ3n) is 5.12. The lowest BCUT2D eigenvalue weighted by Gasteiger charge is -2.26. The Morgan fingerprint density at radius 2 is 1.93 bits per heavy atom. The quantitative estimate of drug-likeness (QED) is 0.338. The number of hydrogen-bond acceptors (Lipinski definition) is 5. The van der Waals surface area contributed by atoms with Gasteiger partial charge in [0.25, 0.3) is 0 Å². The van der Waals surface area contributed by atoms with Gasteiger partial charge in [-0.15, -0.1) is 0 Å². The summed E-state index contributed by atoms with van der Waals surface area (Å²) in [6, 6.07) is 10.4. The average molecular weight is 412 g/mol. The molecule has 3 rings (SSSR count). The first-order valence-electron chi connectivity index (χ1n) is 9.68. The number of nitrogens with one attached hydrogen (secondary N) is 2. The van der Waals surface area contributed by atoms with E-state index in [1.54, 1.807) is 48.8 Å². The minimum absolute atomic E-state index is 0.286. The van der Waals surface area contributed by atoms with E-state index < -0.39 is 9.84 Å². The van der Waals surface area contributed by atoms with Gasteiger partial charge in [0.1, 0.15) is 0 Å². The van der Waals surface area contributed by atoms with Crippen LogP contribution in [0.2, 0.25) is 0 Å². The molecule has 0 amide bonds. The van der Waals surface area contributed by atoms with Gasteiger partial charge in [0, 0.05) is 18.1 Å². The van der Waals surface area contributed by atoms with E-state index in [-0.39, 0.29) is 5.25 Å². The molecule has 2 atom stereocenters. The molecule has 1 saturated carbocycles. The lowest BCUT2D eigenvalue weighted by molar-refractivity contribution is 0.382. The Morgan fingerprint density at radius 3 is 2.59 bits per heavy atom. The van der Waals surface area contributed by atoms with Crippen LogP contribution in [0.1, 0.15) is 38.2 Å². The van der Waals surface area contributed by atoms with Gasteiger partial charge in [0.05, 0.1) is 16.7 Å². The van der Waals surface area contributed by atoms with E-state index in [0.717, 1.165) is 36.9 Å². The van der Waals surface area contributed by atoms with Crippen molar-refractivity contribution in [2.45, 2.75) is 49.3 Å². The fourth-order valence-corrected chi connectivity index (χ4v) is 5.50. The number of aromatic nitrogens is 1. The minimum Gasteiger partial charge on any atom is -0.325 e. The number of benzene rings is 1. The van der Waals surface area contributed by atoms with Crippen LogP contribution in [0.25, 0.3) is 0 Å². The molecule has 0 aliphatic heterocycles. The van der Waals surface area contributed by atoms with E-state index in [1.807, 2.05) is 6.19 Å². The van der Waals surface area contributed by atoms with E-state index >= 15 is 0 Å². The predicted molar refractivity (Wildman–Crippen MR) is 113 cm³/mol. The van der Waals surface area contributed by atoms with E-state index in [9.17, 15) is 8.42 Å². The molecule has 152 valence electrons. The molecule has 1 aliphatic carbocycles. The van der Waals surface area contributed by atoms with E-state index in [0.29, 0.717) is 23.3 Å². The molecule has 7 nitrogen and oxygen atoms in total. The van der Waals surface area contributed by atoms with Gasteiger partial charge in [-0.1, -0.05) is 31.9 Å². The zero-order valence-electron chi connectivity index (χ0n) is 16.4. The van der Waals surface area contributed by atoms with Crippen molar-refractivity contribution in [3.8, 4) is 6.19 Å². The molecule has 2 unspecified atom stereocenters. The van der Waals surface area contributed by atoms with Crippen molar-refractivity contribution in [1.29, 1.82) is 5.26 Å². The van der Waals surface area contributed by atoms with Crippen LogP contribution >= 0.6 is 0 Å². The van der Waals surface area contributed by atoms with Gasteiger partial charge in [-0.05, 0) is 48.6 Å². The summed E-state index contributed by atoms with van der Waals surface area (Å²) in [5.74, 6) is 0.766. The molecule has 0 spiro atoms. The summed E-state index contributed by atoms with van der Waals surface area (Å²) in [6.07, 6.45) is 8.68. The average Bonchev–Trinajstić information content (AvgIpc) is 2.73. The number of nitriles is 1. The van der Waals surface area contributed by atoms with Gasteiger partial charge >= 0.3 is 0 Å². The highest BCUT2D eigenvalue weighted by atomic mass is 32.2. The topological polar surface area (TPSA) is 107 Å². The van der Waals surface area contributed by atoms with Crippen molar-refractivity contribution in [2.24, 2.45) is 10.9 Å². The maximum absolute atomic E-state index is 12.9. The van der Waals surface area contributed by atoms with Crippen LogP contribution in [-0.4, -0.2) is 24.6 Å². The maximum Gasteiger partial charge on any atom is 0.209 e. The van der Waals surface area contributed by atoms with E-state index in [4.69, 9.17) is 5.26 Å². The summed E-state index contributed by atoms with van der Waals surface area (Å²) >= 11 is 0. The Bertz CT molecular complexity index is 982. The number of pyridine rings is 1.